The fraction of sp³-hybridized carbons (Fsp3) is 0.625. The van der Waals surface area contributed by atoms with Crippen LogP contribution < -0.4 is 0 Å². The van der Waals surface area contributed by atoms with Gasteiger partial charge in [-0.15, -0.1) is 0 Å². The lowest BCUT2D eigenvalue weighted by Crippen LogP contribution is -1.89. The van der Waals surface area contributed by atoms with Crippen LogP contribution in [0, 0.1) is 0 Å². The van der Waals surface area contributed by atoms with E-state index >= 15 is 0 Å². The molecule has 0 fully saturated rings. The summed E-state index contributed by atoms with van der Waals surface area (Å²) in [7, 11) is 0. The molecule has 0 bridgehead atoms. The van der Waals surface area contributed by atoms with E-state index in [0.29, 0.717) is 0 Å². The molecule has 0 saturated carbocycles. The zero-order valence-corrected chi connectivity index (χ0v) is 7.84. The van der Waals surface area contributed by atoms with Crippen molar-refractivity contribution in [2.24, 2.45) is 0 Å². The summed E-state index contributed by atoms with van der Waals surface area (Å²) in [5.74, 6) is -0.757. The molecule has 0 spiro atoms. The van der Waals surface area contributed by atoms with Gasteiger partial charge in [-0.2, -0.15) is 0 Å². The Morgan fingerprint density at radius 1 is 1.23 bits per heavy atom. The lowest BCUT2D eigenvalue weighted by Gasteiger charge is -1.86. The molecule has 0 aliphatic rings. The molecular weight excluding hydrogens is 176 g/mol. The maximum Gasteiger partial charge on any atom is 0.307 e. The van der Waals surface area contributed by atoms with Gasteiger partial charge in [0.1, 0.15) is 0 Å². The van der Waals surface area contributed by atoms with Gasteiger partial charge in [0.15, 0.2) is 0 Å². The number of unbranched alkanes of at least 4 members (excludes halogenated alkanes) is 2. The number of carbonyl (C=O) groups is 1. The molecule has 5 nitrogen and oxygen atoms in total. The molecule has 0 aromatic carbocycles. The molecule has 0 radical (unpaired) electrons. The zero-order valence-electron chi connectivity index (χ0n) is 7.84. The first-order chi connectivity index (χ1) is 4.77. The molecule has 0 aromatic rings. The Bertz CT molecular complexity index is 122. The van der Waals surface area contributed by atoms with E-state index in [1.54, 1.807) is 6.08 Å². The standard InChI is InChI=1S/C8H14O2.3H2O/c1-2-3-4-5-6-7-8(9)10;;;/h5-6H,2-4,7H2,1H3,(H,9,10);3*1H2. The first kappa shape index (κ1) is 22.7. The Kier molecular flexibility index (Phi) is 30.1. The van der Waals surface area contributed by atoms with E-state index in [4.69, 9.17) is 5.11 Å². The SMILES string of the molecule is CCCCC=CCC(=O)O.O.O.O. The maximum absolute atomic E-state index is 9.98. The number of carboxylic acids is 1. The predicted octanol–water partition coefficient (Wildman–Crippen LogP) is -0.267. The Morgan fingerprint density at radius 2 is 1.77 bits per heavy atom. The van der Waals surface area contributed by atoms with Gasteiger partial charge in [-0.1, -0.05) is 31.9 Å². The van der Waals surface area contributed by atoms with Gasteiger partial charge in [-0.25, -0.2) is 0 Å². The number of hydrogen-bond donors (Lipinski definition) is 1. The third kappa shape index (κ3) is 24.7. The van der Waals surface area contributed by atoms with Crippen LogP contribution >= 0.6 is 0 Å². The van der Waals surface area contributed by atoms with Crippen LogP contribution in [0.2, 0.25) is 0 Å². The van der Waals surface area contributed by atoms with Crippen molar-refractivity contribution in [3.05, 3.63) is 12.2 Å². The largest absolute Gasteiger partial charge is 0.481 e. The Labute approximate surface area is 78.0 Å². The highest BCUT2D eigenvalue weighted by molar-refractivity contribution is 5.68. The van der Waals surface area contributed by atoms with Crippen molar-refractivity contribution in [2.75, 3.05) is 0 Å². The normalized spacial score (nSPS) is 8.08. The summed E-state index contributed by atoms with van der Waals surface area (Å²) in [6, 6.07) is 0. The highest BCUT2D eigenvalue weighted by Crippen LogP contribution is 1.95. The highest BCUT2D eigenvalue weighted by atomic mass is 16.4. The lowest BCUT2D eigenvalue weighted by molar-refractivity contribution is -0.136. The minimum Gasteiger partial charge on any atom is -0.481 e. The molecule has 0 atom stereocenters. The Balaban J connectivity index is -0.000000135. The third-order valence-electron chi connectivity index (χ3n) is 1.18. The minimum absolute atomic E-state index is 0. The van der Waals surface area contributed by atoms with Crippen LogP contribution in [0.25, 0.3) is 0 Å². The van der Waals surface area contributed by atoms with E-state index < -0.39 is 5.97 Å². The fourth-order valence-corrected chi connectivity index (χ4v) is 0.624. The molecule has 0 aromatic heterocycles. The number of carboxylic acid groups (broad SMARTS) is 1. The monoisotopic (exact) mass is 196 g/mol. The van der Waals surface area contributed by atoms with Gasteiger partial charge in [-0.05, 0) is 6.42 Å². The Hall–Kier alpha value is -0.910. The van der Waals surface area contributed by atoms with Gasteiger partial charge in [-0.3, -0.25) is 4.79 Å². The number of aliphatic carboxylic acids is 1. The molecule has 0 heterocycles. The summed E-state index contributed by atoms with van der Waals surface area (Å²) >= 11 is 0. The fourth-order valence-electron chi connectivity index (χ4n) is 0.624. The minimum atomic E-state index is -0.757. The van der Waals surface area contributed by atoms with Gasteiger partial charge in [0.2, 0.25) is 0 Å². The van der Waals surface area contributed by atoms with Crippen LogP contribution in [0.4, 0.5) is 0 Å². The predicted molar refractivity (Wildman–Crippen MR) is 51.8 cm³/mol. The van der Waals surface area contributed by atoms with Crippen LogP contribution in [-0.2, 0) is 4.79 Å². The van der Waals surface area contributed by atoms with Crippen LogP contribution in [0.3, 0.4) is 0 Å². The second kappa shape index (κ2) is 17.3. The number of allylic oxidation sites excluding steroid dienone is 1. The summed E-state index contributed by atoms with van der Waals surface area (Å²) in [6.45, 7) is 2.12. The van der Waals surface area contributed by atoms with E-state index in [2.05, 4.69) is 6.92 Å². The molecule has 0 rings (SSSR count). The zero-order chi connectivity index (χ0) is 7.82. The second-order valence-electron chi connectivity index (χ2n) is 2.21. The van der Waals surface area contributed by atoms with E-state index in [1.807, 2.05) is 6.08 Å². The van der Waals surface area contributed by atoms with E-state index in [1.165, 1.54) is 0 Å². The molecule has 0 aliphatic carbocycles. The van der Waals surface area contributed by atoms with Crippen molar-refractivity contribution in [2.45, 2.75) is 32.6 Å². The first-order valence-corrected chi connectivity index (χ1v) is 3.64. The molecular formula is C8H20O5. The van der Waals surface area contributed by atoms with Crippen molar-refractivity contribution in [1.82, 2.24) is 0 Å². The third-order valence-corrected chi connectivity index (χ3v) is 1.18. The summed E-state index contributed by atoms with van der Waals surface area (Å²) in [4.78, 5) is 9.98. The highest BCUT2D eigenvalue weighted by Gasteiger charge is 1.87. The molecule has 7 N–H and O–H groups in total. The van der Waals surface area contributed by atoms with Crippen molar-refractivity contribution < 1.29 is 26.3 Å². The Morgan fingerprint density at radius 3 is 2.15 bits per heavy atom. The molecule has 82 valence electrons. The van der Waals surface area contributed by atoms with Crippen molar-refractivity contribution >= 4 is 5.97 Å². The van der Waals surface area contributed by atoms with E-state index in [0.717, 1.165) is 19.3 Å². The average Bonchev–Trinajstić information content (AvgIpc) is 1.87. The van der Waals surface area contributed by atoms with Crippen molar-refractivity contribution in [1.29, 1.82) is 0 Å². The van der Waals surface area contributed by atoms with Crippen molar-refractivity contribution in [3.8, 4) is 0 Å². The molecule has 13 heavy (non-hydrogen) atoms. The number of rotatable bonds is 5. The maximum atomic E-state index is 9.98. The van der Waals surface area contributed by atoms with Crippen molar-refractivity contribution in [3.63, 3.8) is 0 Å². The summed E-state index contributed by atoms with van der Waals surface area (Å²) in [5.41, 5.74) is 0. The summed E-state index contributed by atoms with van der Waals surface area (Å²) in [6.07, 6.45) is 7.11. The van der Waals surface area contributed by atoms with Crippen LogP contribution in [-0.4, -0.2) is 27.5 Å². The van der Waals surface area contributed by atoms with Crippen LogP contribution in [0.15, 0.2) is 12.2 Å². The lowest BCUT2D eigenvalue weighted by atomic mass is 10.2. The smallest absolute Gasteiger partial charge is 0.307 e. The van der Waals surface area contributed by atoms with E-state index in [-0.39, 0.29) is 22.8 Å². The molecule has 0 saturated heterocycles. The molecule has 5 heteroatoms. The van der Waals surface area contributed by atoms with Crippen LogP contribution in [0.1, 0.15) is 32.6 Å². The van der Waals surface area contributed by atoms with Gasteiger partial charge >= 0.3 is 5.97 Å². The quantitative estimate of drug-likeness (QED) is 0.479. The second-order valence-corrected chi connectivity index (χ2v) is 2.21. The molecule has 0 unspecified atom stereocenters. The van der Waals surface area contributed by atoms with Gasteiger partial charge in [0.25, 0.3) is 0 Å². The molecule has 0 aliphatic heterocycles. The summed E-state index contributed by atoms with van der Waals surface area (Å²) in [5, 5.41) is 8.22. The van der Waals surface area contributed by atoms with Gasteiger partial charge < -0.3 is 21.5 Å². The topological polar surface area (TPSA) is 132 Å². The average molecular weight is 196 g/mol. The summed E-state index contributed by atoms with van der Waals surface area (Å²) < 4.78 is 0. The van der Waals surface area contributed by atoms with E-state index in [9.17, 15) is 4.79 Å². The first-order valence-electron chi connectivity index (χ1n) is 3.64. The van der Waals surface area contributed by atoms with Gasteiger partial charge in [0, 0.05) is 0 Å². The van der Waals surface area contributed by atoms with Crippen LogP contribution in [0.5, 0.6) is 0 Å². The number of hydrogen-bond acceptors (Lipinski definition) is 1. The van der Waals surface area contributed by atoms with Gasteiger partial charge in [0.05, 0.1) is 6.42 Å². The molecule has 0 amide bonds.